The van der Waals surface area contributed by atoms with Crippen LogP contribution in [-0.4, -0.2) is 21.3 Å². The minimum atomic E-state index is 0.813. The summed E-state index contributed by atoms with van der Waals surface area (Å²) in [7, 11) is 0. The van der Waals surface area contributed by atoms with Gasteiger partial charge in [0, 0.05) is 18.1 Å². The molecule has 0 radical (unpaired) electrons. The van der Waals surface area contributed by atoms with Crippen molar-refractivity contribution >= 4 is 16.7 Å². The Morgan fingerprint density at radius 2 is 2.50 bits per heavy atom. The van der Waals surface area contributed by atoms with Gasteiger partial charge in [0.1, 0.15) is 0 Å². The van der Waals surface area contributed by atoms with Crippen molar-refractivity contribution in [1.82, 2.24) is 14.8 Å². The lowest BCUT2D eigenvalue weighted by molar-refractivity contribution is 0.829. The second kappa shape index (κ2) is 4.16. The maximum Gasteiger partial charge on any atom is 0.225 e. The number of nitrogens with zero attached hydrogens (tertiary/aromatic N) is 3. The number of unbranched alkanes of at least 4 members (excludes halogenated alkanes) is 1. The molecule has 5 heteroatoms. The van der Waals surface area contributed by atoms with E-state index in [1.165, 1.54) is 24.4 Å². The van der Waals surface area contributed by atoms with Crippen LogP contribution in [0.3, 0.4) is 0 Å². The van der Waals surface area contributed by atoms with Gasteiger partial charge in [-0.3, -0.25) is 0 Å². The van der Waals surface area contributed by atoms with Crippen LogP contribution in [0.1, 0.15) is 19.8 Å². The van der Waals surface area contributed by atoms with Crippen LogP contribution in [-0.2, 0) is 0 Å². The van der Waals surface area contributed by atoms with Gasteiger partial charge in [0.15, 0.2) is 0 Å². The Morgan fingerprint density at radius 1 is 1.60 bits per heavy atom. The maximum absolute atomic E-state index is 3.73. The minimum absolute atomic E-state index is 0.813. The fourth-order valence-electron chi connectivity index (χ4n) is 0.574. The first-order chi connectivity index (χ1) is 4.93. The number of hydrogen-bond acceptors (Lipinski definition) is 5. The molecule has 0 unspecified atom stereocenters. The average molecular weight is 158 g/mol. The SMILES string of the molecule is CCCCNc1nnns1. The highest BCUT2D eigenvalue weighted by atomic mass is 32.1. The molecule has 1 N–H and O–H groups in total. The molecule has 0 aliphatic rings. The highest BCUT2D eigenvalue weighted by Gasteiger charge is 1.92. The molecular formula is C5H10N4S. The van der Waals surface area contributed by atoms with E-state index in [-0.39, 0.29) is 0 Å². The van der Waals surface area contributed by atoms with E-state index < -0.39 is 0 Å². The van der Waals surface area contributed by atoms with Gasteiger partial charge in [0.2, 0.25) is 5.13 Å². The van der Waals surface area contributed by atoms with Crippen molar-refractivity contribution in [2.75, 3.05) is 11.9 Å². The summed E-state index contributed by atoms with van der Waals surface area (Å²) in [5.41, 5.74) is 0. The maximum atomic E-state index is 3.73. The molecule has 56 valence electrons. The first-order valence-corrected chi connectivity index (χ1v) is 4.09. The molecule has 0 aromatic carbocycles. The third-order valence-electron chi connectivity index (χ3n) is 1.11. The number of nitrogens with one attached hydrogen (secondary N) is 1. The van der Waals surface area contributed by atoms with Crippen LogP contribution in [0.25, 0.3) is 0 Å². The average Bonchev–Trinajstić information content (AvgIpc) is 2.41. The lowest BCUT2D eigenvalue weighted by Crippen LogP contribution is -1.99. The third-order valence-corrected chi connectivity index (χ3v) is 1.66. The summed E-state index contributed by atoms with van der Waals surface area (Å²) in [6.45, 7) is 3.12. The Hall–Kier alpha value is -0.710. The quantitative estimate of drug-likeness (QED) is 0.668. The van der Waals surface area contributed by atoms with Crippen LogP contribution in [0.2, 0.25) is 0 Å². The molecule has 1 heterocycles. The molecule has 0 aliphatic carbocycles. The van der Waals surface area contributed by atoms with E-state index in [9.17, 15) is 0 Å². The van der Waals surface area contributed by atoms with E-state index in [0.29, 0.717) is 0 Å². The Bertz CT molecular complexity index is 162. The highest BCUT2D eigenvalue weighted by molar-refractivity contribution is 7.09. The molecular weight excluding hydrogens is 148 g/mol. The van der Waals surface area contributed by atoms with E-state index in [2.05, 4.69) is 27.0 Å². The molecule has 0 saturated heterocycles. The van der Waals surface area contributed by atoms with Gasteiger partial charge in [0.05, 0.1) is 0 Å². The Balaban J connectivity index is 2.15. The van der Waals surface area contributed by atoms with E-state index in [4.69, 9.17) is 0 Å². The van der Waals surface area contributed by atoms with Crippen molar-refractivity contribution < 1.29 is 0 Å². The Morgan fingerprint density at radius 3 is 3.10 bits per heavy atom. The monoisotopic (exact) mass is 158 g/mol. The van der Waals surface area contributed by atoms with Gasteiger partial charge in [-0.15, -0.1) is 0 Å². The largest absolute Gasteiger partial charge is 0.359 e. The van der Waals surface area contributed by atoms with Crippen LogP contribution in [0.15, 0.2) is 0 Å². The second-order valence-electron chi connectivity index (χ2n) is 1.95. The van der Waals surface area contributed by atoms with E-state index in [0.717, 1.165) is 11.7 Å². The van der Waals surface area contributed by atoms with Gasteiger partial charge in [0.25, 0.3) is 0 Å². The lowest BCUT2D eigenvalue weighted by atomic mass is 10.3. The summed E-state index contributed by atoms with van der Waals surface area (Å²) in [6, 6.07) is 0. The van der Waals surface area contributed by atoms with Gasteiger partial charge >= 0.3 is 0 Å². The predicted octanol–water partition coefficient (Wildman–Crippen LogP) is 1.15. The van der Waals surface area contributed by atoms with Crippen LogP contribution in [0, 0.1) is 0 Å². The molecule has 1 aromatic rings. The summed E-state index contributed by atoms with van der Waals surface area (Å²) < 4.78 is 3.62. The molecule has 0 saturated carbocycles. The first-order valence-electron chi connectivity index (χ1n) is 3.32. The summed E-state index contributed by atoms with van der Waals surface area (Å²) in [5.74, 6) is 0. The van der Waals surface area contributed by atoms with Crippen LogP contribution < -0.4 is 5.32 Å². The zero-order valence-electron chi connectivity index (χ0n) is 5.87. The van der Waals surface area contributed by atoms with Crippen molar-refractivity contribution in [3.05, 3.63) is 0 Å². The highest BCUT2D eigenvalue weighted by Crippen LogP contribution is 2.03. The fourth-order valence-corrected chi connectivity index (χ4v) is 0.964. The summed E-state index contributed by atoms with van der Waals surface area (Å²) in [6.07, 6.45) is 2.36. The van der Waals surface area contributed by atoms with Gasteiger partial charge < -0.3 is 5.32 Å². The second-order valence-corrected chi connectivity index (χ2v) is 2.68. The van der Waals surface area contributed by atoms with E-state index in [1.54, 1.807) is 0 Å². The molecule has 0 bridgehead atoms. The summed E-state index contributed by atoms with van der Waals surface area (Å²) in [4.78, 5) is 0. The van der Waals surface area contributed by atoms with Gasteiger partial charge in [-0.25, -0.2) is 0 Å². The van der Waals surface area contributed by atoms with Crippen LogP contribution >= 0.6 is 11.5 Å². The fraction of sp³-hybridized carbons (Fsp3) is 0.800. The van der Waals surface area contributed by atoms with E-state index in [1.807, 2.05) is 0 Å². The molecule has 0 fully saturated rings. The third kappa shape index (κ3) is 2.26. The molecule has 0 amide bonds. The van der Waals surface area contributed by atoms with Gasteiger partial charge in [-0.1, -0.05) is 22.9 Å². The molecule has 0 aliphatic heterocycles. The number of rotatable bonds is 4. The Kier molecular flexibility index (Phi) is 3.08. The number of aromatic nitrogens is 3. The molecule has 0 spiro atoms. The number of hydrogen-bond donors (Lipinski definition) is 1. The summed E-state index contributed by atoms with van der Waals surface area (Å²) >= 11 is 1.29. The normalized spacial score (nSPS) is 9.70. The van der Waals surface area contributed by atoms with Crippen molar-refractivity contribution in [1.29, 1.82) is 0 Å². The van der Waals surface area contributed by atoms with Crippen LogP contribution in [0.4, 0.5) is 5.13 Å². The topological polar surface area (TPSA) is 50.7 Å². The Labute approximate surface area is 63.8 Å². The molecule has 10 heavy (non-hydrogen) atoms. The van der Waals surface area contributed by atoms with Crippen molar-refractivity contribution in [2.24, 2.45) is 0 Å². The zero-order valence-corrected chi connectivity index (χ0v) is 6.69. The molecule has 1 rings (SSSR count). The van der Waals surface area contributed by atoms with Gasteiger partial charge in [-0.2, -0.15) is 0 Å². The van der Waals surface area contributed by atoms with Gasteiger partial charge in [-0.05, 0) is 11.6 Å². The van der Waals surface area contributed by atoms with Crippen molar-refractivity contribution in [3.63, 3.8) is 0 Å². The zero-order chi connectivity index (χ0) is 7.23. The van der Waals surface area contributed by atoms with Crippen molar-refractivity contribution in [3.8, 4) is 0 Å². The molecule has 4 nitrogen and oxygen atoms in total. The van der Waals surface area contributed by atoms with Crippen LogP contribution in [0.5, 0.6) is 0 Å². The van der Waals surface area contributed by atoms with E-state index >= 15 is 0 Å². The summed E-state index contributed by atoms with van der Waals surface area (Å²) in [5, 5.41) is 11.1. The first kappa shape index (κ1) is 7.40. The molecule has 0 atom stereocenters. The molecule has 1 aromatic heterocycles. The minimum Gasteiger partial charge on any atom is -0.359 e. The lowest BCUT2D eigenvalue weighted by Gasteiger charge is -1.96. The smallest absolute Gasteiger partial charge is 0.225 e. The predicted molar refractivity (Wildman–Crippen MR) is 41.1 cm³/mol. The number of anilines is 1. The standard InChI is InChI=1S/C5H10N4S/c1-2-3-4-6-5-7-8-9-10-5/h2-4H2,1H3,(H,6,7,9). The van der Waals surface area contributed by atoms with Crippen molar-refractivity contribution in [2.45, 2.75) is 19.8 Å².